The number of rotatable bonds is 5. The second-order valence-corrected chi connectivity index (χ2v) is 9.25. The number of ether oxygens (including phenoxy) is 1. The molecule has 5 rings (SSSR count). The molecule has 35 heavy (non-hydrogen) atoms. The Balaban J connectivity index is 1.58. The molecule has 2 aliphatic rings. The van der Waals surface area contributed by atoms with Gasteiger partial charge in [0.15, 0.2) is 0 Å². The Bertz CT molecular complexity index is 1270. The fraction of sp³-hybridized carbons (Fsp3) is 0.321. The lowest BCUT2D eigenvalue weighted by molar-refractivity contribution is -0.132. The van der Waals surface area contributed by atoms with Crippen molar-refractivity contribution in [3.63, 3.8) is 0 Å². The fourth-order valence-corrected chi connectivity index (χ4v) is 5.36. The van der Waals surface area contributed by atoms with E-state index in [1.54, 1.807) is 42.5 Å². The minimum atomic E-state index is -0.637. The third-order valence-electron chi connectivity index (χ3n) is 7.17. The van der Waals surface area contributed by atoms with Gasteiger partial charge in [-0.1, -0.05) is 19.3 Å². The van der Waals surface area contributed by atoms with Crippen molar-refractivity contribution >= 4 is 23.1 Å². The summed E-state index contributed by atoms with van der Waals surface area (Å²) in [6.45, 7) is 0. The zero-order valence-electron chi connectivity index (χ0n) is 20.0. The van der Waals surface area contributed by atoms with Crippen LogP contribution in [0.4, 0.5) is 5.69 Å². The molecule has 0 bridgehead atoms. The number of ketones is 1. The Hall–Kier alpha value is -3.87. The Morgan fingerprint density at radius 2 is 1.69 bits per heavy atom. The van der Waals surface area contributed by atoms with Gasteiger partial charge in [0.1, 0.15) is 17.3 Å². The van der Waals surface area contributed by atoms with Gasteiger partial charge in [-0.15, -0.1) is 0 Å². The predicted octanol–water partition coefficient (Wildman–Crippen LogP) is 4.93. The zero-order chi connectivity index (χ0) is 24.5. The SMILES string of the molecule is COc1ccc(C(O)=C2C(=O)C(=O)N(c3ccc(-c4nccn4C)cc3)C2C2CCCCC2)cc1. The molecule has 2 aromatic carbocycles. The van der Waals surface area contributed by atoms with Crippen molar-refractivity contribution in [1.82, 2.24) is 9.55 Å². The number of aromatic nitrogens is 2. The van der Waals surface area contributed by atoms with E-state index in [1.165, 1.54) is 0 Å². The molecule has 1 aromatic heterocycles. The van der Waals surface area contributed by atoms with Gasteiger partial charge < -0.3 is 14.4 Å². The van der Waals surface area contributed by atoms with Gasteiger partial charge in [-0.3, -0.25) is 14.5 Å². The minimum absolute atomic E-state index is 0.101. The van der Waals surface area contributed by atoms with Crippen LogP contribution < -0.4 is 9.64 Å². The van der Waals surface area contributed by atoms with E-state index in [1.807, 2.05) is 42.1 Å². The third-order valence-corrected chi connectivity index (χ3v) is 7.17. The second kappa shape index (κ2) is 9.41. The Kier molecular flexibility index (Phi) is 6.16. The van der Waals surface area contributed by atoms with Gasteiger partial charge in [-0.25, -0.2) is 4.98 Å². The van der Waals surface area contributed by atoms with Gasteiger partial charge in [-0.05, 0) is 67.3 Å². The lowest BCUT2D eigenvalue weighted by atomic mass is 9.80. The molecule has 7 nitrogen and oxygen atoms in total. The van der Waals surface area contributed by atoms with Gasteiger partial charge in [-0.2, -0.15) is 0 Å². The summed E-state index contributed by atoms with van der Waals surface area (Å²) in [7, 11) is 3.50. The van der Waals surface area contributed by atoms with Crippen LogP contribution in [-0.4, -0.2) is 39.5 Å². The molecule has 1 aliphatic carbocycles. The molecule has 1 amide bonds. The van der Waals surface area contributed by atoms with Crippen LogP contribution in [0.1, 0.15) is 37.7 Å². The number of benzene rings is 2. The molecule has 1 unspecified atom stereocenters. The molecule has 180 valence electrons. The van der Waals surface area contributed by atoms with Crippen molar-refractivity contribution < 1.29 is 19.4 Å². The molecule has 2 fully saturated rings. The van der Waals surface area contributed by atoms with Gasteiger partial charge >= 0.3 is 0 Å². The summed E-state index contributed by atoms with van der Waals surface area (Å²) in [5.41, 5.74) is 2.26. The van der Waals surface area contributed by atoms with E-state index >= 15 is 0 Å². The molecular weight excluding hydrogens is 442 g/mol. The standard InChI is InChI=1S/C28H29N3O4/c1-30-17-16-29-27(30)20-8-12-21(13-9-20)31-24(18-6-4-3-5-7-18)23(26(33)28(31)34)25(32)19-10-14-22(35-2)15-11-19/h8-18,24,32H,3-7H2,1-2H3. The van der Waals surface area contributed by atoms with Gasteiger partial charge in [0.2, 0.25) is 0 Å². The summed E-state index contributed by atoms with van der Waals surface area (Å²) in [6, 6.07) is 13.9. The van der Waals surface area contributed by atoms with Crippen molar-refractivity contribution in [3.8, 4) is 17.1 Å². The van der Waals surface area contributed by atoms with Crippen LogP contribution in [0.5, 0.6) is 5.75 Å². The smallest absolute Gasteiger partial charge is 0.299 e. The summed E-state index contributed by atoms with van der Waals surface area (Å²) < 4.78 is 7.14. The first-order chi connectivity index (χ1) is 17.0. The van der Waals surface area contributed by atoms with E-state index in [9.17, 15) is 14.7 Å². The number of hydrogen-bond donors (Lipinski definition) is 1. The average molecular weight is 472 g/mol. The number of nitrogens with zero attached hydrogens (tertiary/aromatic N) is 3. The first-order valence-corrected chi connectivity index (χ1v) is 12.0. The number of aliphatic hydroxyl groups is 1. The molecule has 3 aromatic rings. The molecular formula is C28H29N3O4. The van der Waals surface area contributed by atoms with Gasteiger partial charge in [0.05, 0.1) is 18.7 Å². The highest BCUT2D eigenvalue weighted by atomic mass is 16.5. The van der Waals surface area contributed by atoms with Crippen molar-refractivity contribution in [2.24, 2.45) is 13.0 Å². The normalized spacial score (nSPS) is 20.4. The maximum Gasteiger partial charge on any atom is 0.299 e. The first-order valence-electron chi connectivity index (χ1n) is 12.0. The molecule has 1 atom stereocenters. The highest BCUT2D eigenvalue weighted by Gasteiger charge is 2.49. The molecule has 1 saturated heterocycles. The van der Waals surface area contributed by atoms with E-state index in [2.05, 4.69) is 4.98 Å². The van der Waals surface area contributed by atoms with Crippen LogP contribution in [0.15, 0.2) is 66.5 Å². The number of carbonyl (C=O) groups excluding carboxylic acids is 2. The maximum absolute atomic E-state index is 13.4. The number of anilines is 1. The largest absolute Gasteiger partial charge is 0.507 e. The molecule has 7 heteroatoms. The highest BCUT2D eigenvalue weighted by Crippen LogP contribution is 2.41. The quantitative estimate of drug-likeness (QED) is 0.324. The average Bonchev–Trinajstić information content (AvgIpc) is 3.44. The van der Waals surface area contributed by atoms with Crippen molar-refractivity contribution in [2.75, 3.05) is 12.0 Å². The number of aliphatic hydroxyl groups excluding tert-OH is 1. The monoisotopic (exact) mass is 471 g/mol. The topological polar surface area (TPSA) is 84.7 Å². The molecule has 0 spiro atoms. The highest BCUT2D eigenvalue weighted by molar-refractivity contribution is 6.51. The number of amides is 1. The van der Waals surface area contributed by atoms with Gasteiger partial charge in [0.25, 0.3) is 11.7 Å². The zero-order valence-corrected chi connectivity index (χ0v) is 20.0. The molecule has 0 radical (unpaired) electrons. The van der Waals surface area contributed by atoms with E-state index in [4.69, 9.17) is 4.74 Å². The van der Waals surface area contributed by atoms with Crippen LogP contribution in [0.3, 0.4) is 0 Å². The lowest BCUT2D eigenvalue weighted by Gasteiger charge is -2.34. The van der Waals surface area contributed by atoms with Crippen molar-refractivity contribution in [3.05, 3.63) is 72.1 Å². The second-order valence-electron chi connectivity index (χ2n) is 9.25. The van der Waals surface area contributed by atoms with Crippen LogP contribution in [0.25, 0.3) is 17.1 Å². The van der Waals surface area contributed by atoms with E-state index in [-0.39, 0.29) is 17.3 Å². The number of hydrogen-bond acceptors (Lipinski definition) is 5. The Morgan fingerprint density at radius 1 is 1.00 bits per heavy atom. The predicted molar refractivity (Wildman–Crippen MR) is 134 cm³/mol. The van der Waals surface area contributed by atoms with Crippen LogP contribution >= 0.6 is 0 Å². The summed E-state index contributed by atoms with van der Waals surface area (Å²) in [4.78, 5) is 32.7. The summed E-state index contributed by atoms with van der Waals surface area (Å²) >= 11 is 0. The lowest BCUT2D eigenvalue weighted by Crippen LogP contribution is -2.40. The Morgan fingerprint density at radius 3 is 2.29 bits per heavy atom. The fourth-order valence-electron chi connectivity index (χ4n) is 5.36. The number of carbonyl (C=O) groups is 2. The number of methoxy groups -OCH3 is 1. The van der Waals surface area contributed by atoms with Crippen molar-refractivity contribution in [2.45, 2.75) is 38.1 Å². The van der Waals surface area contributed by atoms with Crippen LogP contribution in [-0.2, 0) is 16.6 Å². The number of aryl methyl sites for hydroxylation is 1. The van der Waals surface area contributed by atoms with E-state index in [0.29, 0.717) is 17.0 Å². The summed E-state index contributed by atoms with van der Waals surface area (Å²) in [5.74, 6) is 0.209. The summed E-state index contributed by atoms with van der Waals surface area (Å²) in [6.07, 6.45) is 8.68. The third kappa shape index (κ3) is 4.11. The Labute approximate surface area is 204 Å². The number of imidazole rings is 1. The van der Waals surface area contributed by atoms with E-state index < -0.39 is 17.7 Å². The molecule has 1 saturated carbocycles. The molecule has 1 N–H and O–H groups in total. The summed E-state index contributed by atoms with van der Waals surface area (Å²) in [5, 5.41) is 11.3. The first kappa shape index (κ1) is 22.9. The van der Waals surface area contributed by atoms with Gasteiger partial charge in [0, 0.05) is 36.3 Å². The van der Waals surface area contributed by atoms with Crippen molar-refractivity contribution in [1.29, 1.82) is 0 Å². The molecule has 1 aliphatic heterocycles. The molecule has 2 heterocycles. The maximum atomic E-state index is 13.4. The van der Waals surface area contributed by atoms with E-state index in [0.717, 1.165) is 43.5 Å². The van der Waals surface area contributed by atoms with Crippen LogP contribution in [0, 0.1) is 5.92 Å². The minimum Gasteiger partial charge on any atom is -0.507 e. The number of Topliss-reactive ketones (excluding diaryl/α,β-unsaturated/α-hetero) is 1. The van der Waals surface area contributed by atoms with Crippen LogP contribution in [0.2, 0.25) is 0 Å².